The molecular formula is C19H14N2O4. The summed E-state index contributed by atoms with van der Waals surface area (Å²) in [7, 11) is 0. The van der Waals surface area contributed by atoms with Gasteiger partial charge in [0.1, 0.15) is 11.6 Å². The molecule has 2 aliphatic rings. The van der Waals surface area contributed by atoms with E-state index in [4.69, 9.17) is 18.9 Å². The number of nitriles is 2. The lowest BCUT2D eigenvalue weighted by molar-refractivity contribution is 0.173. The van der Waals surface area contributed by atoms with Crippen LogP contribution in [0, 0.1) is 22.7 Å². The molecule has 0 amide bonds. The van der Waals surface area contributed by atoms with E-state index in [-0.39, 0.29) is 13.6 Å². The Bertz CT molecular complexity index is 911. The van der Waals surface area contributed by atoms with Crippen molar-refractivity contribution in [3.8, 4) is 35.1 Å². The van der Waals surface area contributed by atoms with Gasteiger partial charge in [-0.15, -0.1) is 0 Å². The maximum absolute atomic E-state index is 9.60. The van der Waals surface area contributed by atoms with E-state index in [9.17, 15) is 10.5 Å². The molecule has 6 nitrogen and oxygen atoms in total. The van der Waals surface area contributed by atoms with E-state index in [1.807, 2.05) is 18.2 Å². The van der Waals surface area contributed by atoms with E-state index in [0.29, 0.717) is 35.5 Å². The third-order valence-electron chi connectivity index (χ3n) is 4.37. The van der Waals surface area contributed by atoms with E-state index >= 15 is 0 Å². The van der Waals surface area contributed by atoms with Gasteiger partial charge in [-0.3, -0.25) is 0 Å². The number of fused-ring (bicyclic) bond motifs is 2. The zero-order chi connectivity index (χ0) is 17.2. The van der Waals surface area contributed by atoms with Gasteiger partial charge in [0.2, 0.25) is 13.6 Å². The molecule has 2 aromatic rings. The van der Waals surface area contributed by atoms with E-state index in [1.54, 1.807) is 12.1 Å². The Labute approximate surface area is 144 Å². The minimum atomic E-state index is -0.408. The van der Waals surface area contributed by atoms with Crippen molar-refractivity contribution < 1.29 is 18.9 Å². The van der Waals surface area contributed by atoms with Gasteiger partial charge < -0.3 is 18.9 Å². The Balaban J connectivity index is 1.56. The maximum Gasteiger partial charge on any atom is 0.231 e. The van der Waals surface area contributed by atoms with Crippen molar-refractivity contribution in [2.45, 2.75) is 18.8 Å². The summed E-state index contributed by atoms with van der Waals surface area (Å²) in [6, 6.07) is 13.8. The smallest absolute Gasteiger partial charge is 0.231 e. The quantitative estimate of drug-likeness (QED) is 0.853. The van der Waals surface area contributed by atoms with E-state index in [2.05, 4.69) is 12.1 Å². The second-order valence-electron chi connectivity index (χ2n) is 5.78. The van der Waals surface area contributed by atoms with Gasteiger partial charge in [-0.1, -0.05) is 12.1 Å². The van der Waals surface area contributed by atoms with E-state index in [0.717, 1.165) is 17.1 Å². The lowest BCUT2D eigenvalue weighted by atomic mass is 9.90. The molecule has 0 bridgehead atoms. The molecule has 2 aromatic carbocycles. The van der Waals surface area contributed by atoms with Crippen molar-refractivity contribution in [2.24, 2.45) is 0 Å². The summed E-state index contributed by atoms with van der Waals surface area (Å²) < 4.78 is 21.4. The fraction of sp³-hybridized carbons (Fsp3) is 0.263. The summed E-state index contributed by atoms with van der Waals surface area (Å²) >= 11 is 0. The summed E-state index contributed by atoms with van der Waals surface area (Å²) in [5, 5.41) is 19.1. The van der Waals surface area contributed by atoms with Crippen LogP contribution in [-0.4, -0.2) is 13.6 Å². The Morgan fingerprint density at radius 2 is 1.68 bits per heavy atom. The molecule has 1 atom stereocenters. The van der Waals surface area contributed by atoms with Crippen LogP contribution in [0.2, 0.25) is 0 Å². The summed E-state index contributed by atoms with van der Waals surface area (Å²) in [5.41, 5.74) is 2.12. The van der Waals surface area contributed by atoms with Crippen LogP contribution in [0.4, 0.5) is 0 Å². The SMILES string of the molecule is N#Cc1c(C(C#N)CCc2ccc3c(c2)OCO3)ccc2c1OCO2. The third-order valence-corrected chi connectivity index (χ3v) is 4.37. The Kier molecular flexibility index (Phi) is 3.80. The van der Waals surface area contributed by atoms with Crippen LogP contribution >= 0.6 is 0 Å². The topological polar surface area (TPSA) is 84.5 Å². The first-order valence-electron chi connectivity index (χ1n) is 7.91. The van der Waals surface area contributed by atoms with Crippen LogP contribution in [0.15, 0.2) is 30.3 Å². The van der Waals surface area contributed by atoms with Gasteiger partial charge >= 0.3 is 0 Å². The minimum absolute atomic E-state index is 0.0991. The number of rotatable bonds is 4. The number of ether oxygens (including phenoxy) is 4. The number of aryl methyl sites for hydroxylation is 1. The fourth-order valence-corrected chi connectivity index (χ4v) is 3.09. The van der Waals surface area contributed by atoms with Crippen molar-refractivity contribution in [2.75, 3.05) is 13.6 Å². The molecule has 0 aliphatic carbocycles. The molecule has 0 saturated heterocycles. The van der Waals surface area contributed by atoms with Crippen molar-refractivity contribution in [1.29, 1.82) is 10.5 Å². The molecule has 0 radical (unpaired) electrons. The zero-order valence-electron chi connectivity index (χ0n) is 13.3. The molecule has 0 saturated carbocycles. The van der Waals surface area contributed by atoms with Crippen molar-refractivity contribution >= 4 is 0 Å². The van der Waals surface area contributed by atoms with Crippen molar-refractivity contribution in [1.82, 2.24) is 0 Å². The van der Waals surface area contributed by atoms with E-state index < -0.39 is 5.92 Å². The van der Waals surface area contributed by atoms with Crippen LogP contribution in [0.5, 0.6) is 23.0 Å². The highest BCUT2D eigenvalue weighted by Crippen LogP contribution is 2.40. The minimum Gasteiger partial charge on any atom is -0.454 e. The first-order valence-corrected chi connectivity index (χ1v) is 7.91. The molecule has 0 fully saturated rings. The van der Waals surface area contributed by atoms with Gasteiger partial charge in [0, 0.05) is 0 Å². The Morgan fingerprint density at radius 1 is 0.920 bits per heavy atom. The average molecular weight is 334 g/mol. The van der Waals surface area contributed by atoms with Gasteiger partial charge in [-0.2, -0.15) is 10.5 Å². The summed E-state index contributed by atoms with van der Waals surface area (Å²) in [6.07, 6.45) is 1.28. The van der Waals surface area contributed by atoms with Gasteiger partial charge in [0.25, 0.3) is 0 Å². The number of hydrogen-bond donors (Lipinski definition) is 0. The molecule has 2 aliphatic heterocycles. The van der Waals surface area contributed by atoms with Crippen LogP contribution in [-0.2, 0) is 6.42 Å². The molecule has 6 heteroatoms. The van der Waals surface area contributed by atoms with Crippen molar-refractivity contribution in [3.05, 3.63) is 47.0 Å². The van der Waals surface area contributed by atoms with Crippen LogP contribution in [0.25, 0.3) is 0 Å². The monoisotopic (exact) mass is 334 g/mol. The molecule has 2 heterocycles. The molecule has 0 N–H and O–H groups in total. The van der Waals surface area contributed by atoms with Gasteiger partial charge in [0.15, 0.2) is 23.0 Å². The highest BCUT2D eigenvalue weighted by Gasteiger charge is 2.25. The number of nitrogens with zero attached hydrogens (tertiary/aromatic N) is 2. The normalized spacial score (nSPS) is 14.6. The standard InChI is InChI=1S/C19H14N2O4/c20-8-13(3-1-12-2-5-16-18(7-12)24-10-22-16)14-4-6-17-19(15(14)9-21)25-11-23-17/h2,4-7,13H,1,3,10-11H2. The number of hydrogen-bond acceptors (Lipinski definition) is 6. The maximum atomic E-state index is 9.60. The third kappa shape index (κ3) is 2.68. The second-order valence-corrected chi connectivity index (χ2v) is 5.78. The zero-order valence-corrected chi connectivity index (χ0v) is 13.3. The predicted molar refractivity (Wildman–Crippen MR) is 86.5 cm³/mol. The highest BCUT2D eigenvalue weighted by atomic mass is 16.7. The summed E-state index contributed by atoms with van der Waals surface area (Å²) in [4.78, 5) is 0. The lowest BCUT2D eigenvalue weighted by Crippen LogP contribution is -2.02. The highest BCUT2D eigenvalue weighted by molar-refractivity contribution is 5.59. The van der Waals surface area contributed by atoms with Crippen LogP contribution in [0.1, 0.15) is 29.0 Å². The molecule has 0 spiro atoms. The molecule has 25 heavy (non-hydrogen) atoms. The second kappa shape index (κ2) is 6.26. The van der Waals surface area contributed by atoms with Crippen molar-refractivity contribution in [3.63, 3.8) is 0 Å². The van der Waals surface area contributed by atoms with E-state index in [1.165, 1.54) is 0 Å². The summed E-state index contributed by atoms with van der Waals surface area (Å²) in [5.74, 6) is 2.04. The van der Waals surface area contributed by atoms with Crippen LogP contribution < -0.4 is 18.9 Å². The first kappa shape index (κ1) is 15.2. The Hall–Kier alpha value is -3.38. The van der Waals surface area contributed by atoms with Gasteiger partial charge in [-0.05, 0) is 42.2 Å². The van der Waals surface area contributed by atoms with Gasteiger partial charge in [-0.25, -0.2) is 0 Å². The van der Waals surface area contributed by atoms with Gasteiger partial charge in [0.05, 0.1) is 12.0 Å². The molecular weight excluding hydrogens is 320 g/mol. The largest absolute Gasteiger partial charge is 0.454 e. The number of benzene rings is 2. The molecule has 1 unspecified atom stereocenters. The lowest BCUT2D eigenvalue weighted by Gasteiger charge is -2.13. The molecule has 0 aromatic heterocycles. The summed E-state index contributed by atoms with van der Waals surface area (Å²) in [6.45, 7) is 0.338. The van der Waals surface area contributed by atoms with Crippen LogP contribution in [0.3, 0.4) is 0 Å². The molecule has 4 rings (SSSR count). The Morgan fingerprint density at radius 3 is 2.52 bits per heavy atom. The average Bonchev–Trinajstić information content (AvgIpc) is 3.30. The predicted octanol–water partition coefficient (Wildman–Crippen LogP) is 3.26. The molecule has 124 valence electrons. The fourth-order valence-electron chi connectivity index (χ4n) is 3.09. The first-order chi connectivity index (χ1) is 12.3.